The molecule has 1 aromatic rings. The third kappa shape index (κ3) is 2.13. The van der Waals surface area contributed by atoms with Crippen molar-refractivity contribution in [1.82, 2.24) is 0 Å². The molecule has 0 aromatic heterocycles. The molecule has 1 aromatic carbocycles. The summed E-state index contributed by atoms with van der Waals surface area (Å²) in [5, 5.41) is 3.00. The van der Waals surface area contributed by atoms with Crippen molar-refractivity contribution >= 4 is 34.8 Å². The number of nitrogens with zero attached hydrogens (tertiary/aromatic N) is 1. The maximum Gasteiger partial charge on any atom is 0.238 e. The Bertz CT molecular complexity index is 474. The van der Waals surface area contributed by atoms with Crippen molar-refractivity contribution in [2.24, 2.45) is 0 Å². The molecule has 0 atom stereocenters. The summed E-state index contributed by atoms with van der Waals surface area (Å²) in [6, 6.07) is 5.53. The number of halogens is 1. The van der Waals surface area contributed by atoms with Gasteiger partial charge in [-0.1, -0.05) is 0 Å². The van der Waals surface area contributed by atoms with Gasteiger partial charge in [0.25, 0.3) is 0 Å². The molecule has 17 heavy (non-hydrogen) atoms. The Balaban J connectivity index is 2.34. The second kappa shape index (κ2) is 4.75. The zero-order valence-electron chi connectivity index (χ0n) is 9.50. The van der Waals surface area contributed by atoms with Gasteiger partial charge in [-0.25, -0.2) is 4.90 Å². The number of hydrogen-bond acceptors (Lipinski definition) is 3. The largest absolute Gasteiger partial charge is 0.388 e. The molecule has 0 aliphatic carbocycles. The van der Waals surface area contributed by atoms with Crippen LogP contribution in [0.4, 0.5) is 11.4 Å². The van der Waals surface area contributed by atoms with E-state index in [0.717, 1.165) is 11.3 Å². The monoisotopic (exact) mass is 252 g/mol. The molecular formula is C12H13ClN2O2. The highest BCUT2D eigenvalue weighted by molar-refractivity contribution is 6.23. The number of carbonyl (C=O) groups is 2. The van der Waals surface area contributed by atoms with E-state index in [0.29, 0.717) is 5.69 Å². The Hall–Kier alpha value is -1.55. The third-order valence-electron chi connectivity index (χ3n) is 2.76. The van der Waals surface area contributed by atoms with Crippen LogP contribution < -0.4 is 10.2 Å². The molecule has 5 heteroatoms. The highest BCUT2D eigenvalue weighted by atomic mass is 35.5. The first kappa shape index (κ1) is 11.9. The van der Waals surface area contributed by atoms with Gasteiger partial charge in [0.1, 0.15) is 0 Å². The van der Waals surface area contributed by atoms with Crippen LogP contribution in [0.1, 0.15) is 12.0 Å². The minimum absolute atomic E-state index is 0.177. The Kier molecular flexibility index (Phi) is 3.33. The van der Waals surface area contributed by atoms with E-state index in [1.165, 1.54) is 4.90 Å². The number of rotatable bonds is 3. The summed E-state index contributed by atoms with van der Waals surface area (Å²) in [6.45, 7) is 0. The van der Waals surface area contributed by atoms with Gasteiger partial charge in [0.05, 0.1) is 12.1 Å². The van der Waals surface area contributed by atoms with E-state index in [1.54, 1.807) is 6.07 Å². The number of hydrogen-bond donors (Lipinski definition) is 1. The quantitative estimate of drug-likeness (QED) is 0.835. The molecule has 0 spiro atoms. The molecule has 1 aliphatic rings. The lowest BCUT2D eigenvalue weighted by Crippen LogP contribution is -2.33. The molecular weight excluding hydrogens is 240 g/mol. The van der Waals surface area contributed by atoms with Gasteiger partial charge < -0.3 is 5.32 Å². The van der Waals surface area contributed by atoms with Crippen molar-refractivity contribution in [2.45, 2.75) is 12.8 Å². The summed E-state index contributed by atoms with van der Waals surface area (Å²) in [4.78, 5) is 24.8. The standard InChI is InChI=1S/C12H13ClN2O2/c1-14-9-2-3-10-8(6-9)7-12(17)15(10)11(16)4-5-13/h2-3,6,14H,4-5,7H2,1H3. The van der Waals surface area contributed by atoms with E-state index < -0.39 is 0 Å². The molecule has 2 amide bonds. The molecule has 2 rings (SSSR count). The molecule has 1 N–H and O–H groups in total. The van der Waals surface area contributed by atoms with Gasteiger partial charge >= 0.3 is 0 Å². The van der Waals surface area contributed by atoms with Gasteiger partial charge in [-0.15, -0.1) is 11.6 Å². The summed E-state index contributed by atoms with van der Waals surface area (Å²) in [6.07, 6.45) is 0.458. The van der Waals surface area contributed by atoms with Crippen LogP contribution in [-0.4, -0.2) is 24.7 Å². The summed E-state index contributed by atoms with van der Waals surface area (Å²) in [5.41, 5.74) is 2.50. The zero-order chi connectivity index (χ0) is 12.4. The summed E-state index contributed by atoms with van der Waals surface area (Å²) in [7, 11) is 1.81. The molecule has 1 aliphatic heterocycles. The fraction of sp³-hybridized carbons (Fsp3) is 0.333. The first-order chi connectivity index (χ1) is 8.17. The molecule has 0 fully saturated rings. The van der Waals surface area contributed by atoms with E-state index in [9.17, 15) is 9.59 Å². The van der Waals surface area contributed by atoms with Gasteiger partial charge in [0.15, 0.2) is 0 Å². The number of amides is 2. The molecule has 0 bridgehead atoms. The number of anilines is 2. The topological polar surface area (TPSA) is 49.4 Å². The first-order valence-corrected chi connectivity index (χ1v) is 5.93. The van der Waals surface area contributed by atoms with Crippen LogP contribution in [0.25, 0.3) is 0 Å². The average Bonchev–Trinajstić information content (AvgIpc) is 2.64. The molecule has 0 saturated carbocycles. The molecule has 0 unspecified atom stereocenters. The normalized spacial score (nSPS) is 13.8. The Morgan fingerprint density at radius 1 is 1.53 bits per heavy atom. The van der Waals surface area contributed by atoms with Gasteiger partial charge in [-0.3, -0.25) is 9.59 Å². The van der Waals surface area contributed by atoms with Crippen LogP contribution in [-0.2, 0) is 16.0 Å². The van der Waals surface area contributed by atoms with Crippen molar-refractivity contribution in [3.8, 4) is 0 Å². The molecule has 90 valence electrons. The van der Waals surface area contributed by atoms with Crippen LogP contribution in [0.2, 0.25) is 0 Å². The Morgan fingerprint density at radius 3 is 2.94 bits per heavy atom. The predicted octanol–water partition coefficient (Wildman–Crippen LogP) is 1.77. The lowest BCUT2D eigenvalue weighted by atomic mass is 10.1. The average molecular weight is 253 g/mol. The SMILES string of the molecule is CNc1ccc2c(c1)CC(=O)N2C(=O)CCCl. The number of carbonyl (C=O) groups excluding carboxylic acids is 2. The van der Waals surface area contributed by atoms with Crippen LogP contribution in [0.15, 0.2) is 18.2 Å². The van der Waals surface area contributed by atoms with Crippen molar-refractivity contribution in [3.05, 3.63) is 23.8 Å². The highest BCUT2D eigenvalue weighted by Gasteiger charge is 2.31. The number of nitrogens with one attached hydrogen (secondary N) is 1. The maximum absolute atomic E-state index is 11.8. The summed E-state index contributed by atoms with van der Waals surface area (Å²) < 4.78 is 0. The minimum atomic E-state index is -0.235. The van der Waals surface area contributed by atoms with E-state index in [4.69, 9.17) is 11.6 Å². The molecule has 4 nitrogen and oxygen atoms in total. The third-order valence-corrected chi connectivity index (χ3v) is 2.95. The fourth-order valence-electron chi connectivity index (χ4n) is 1.94. The Morgan fingerprint density at radius 2 is 2.29 bits per heavy atom. The van der Waals surface area contributed by atoms with Crippen LogP contribution >= 0.6 is 11.6 Å². The summed E-state index contributed by atoms with van der Waals surface area (Å²) >= 11 is 5.53. The number of fused-ring (bicyclic) bond motifs is 1. The highest BCUT2D eigenvalue weighted by Crippen LogP contribution is 2.31. The molecule has 1 heterocycles. The number of imide groups is 1. The van der Waals surface area contributed by atoms with E-state index in [2.05, 4.69) is 5.32 Å². The van der Waals surface area contributed by atoms with Gasteiger partial charge in [-0.2, -0.15) is 0 Å². The molecule has 0 radical (unpaired) electrons. The second-order valence-corrected chi connectivity index (χ2v) is 4.21. The van der Waals surface area contributed by atoms with Gasteiger partial charge in [0, 0.05) is 25.0 Å². The van der Waals surface area contributed by atoms with Crippen molar-refractivity contribution in [3.63, 3.8) is 0 Å². The lowest BCUT2D eigenvalue weighted by Gasteiger charge is -2.15. The Labute approximate surface area is 105 Å². The van der Waals surface area contributed by atoms with Crippen molar-refractivity contribution < 1.29 is 9.59 Å². The van der Waals surface area contributed by atoms with Gasteiger partial charge in [0.2, 0.25) is 11.8 Å². The zero-order valence-corrected chi connectivity index (χ0v) is 10.3. The summed E-state index contributed by atoms with van der Waals surface area (Å²) in [5.74, 6) is -0.184. The van der Waals surface area contributed by atoms with Crippen LogP contribution in [0.5, 0.6) is 0 Å². The van der Waals surface area contributed by atoms with E-state index in [1.807, 2.05) is 19.2 Å². The van der Waals surface area contributed by atoms with Gasteiger partial charge in [-0.05, 0) is 23.8 Å². The van der Waals surface area contributed by atoms with E-state index in [-0.39, 0.29) is 30.5 Å². The minimum Gasteiger partial charge on any atom is -0.388 e. The smallest absolute Gasteiger partial charge is 0.238 e. The number of alkyl halides is 1. The number of benzene rings is 1. The fourth-order valence-corrected chi connectivity index (χ4v) is 2.10. The maximum atomic E-state index is 11.8. The van der Waals surface area contributed by atoms with E-state index >= 15 is 0 Å². The second-order valence-electron chi connectivity index (χ2n) is 3.83. The predicted molar refractivity (Wildman–Crippen MR) is 67.5 cm³/mol. The van der Waals surface area contributed by atoms with Crippen LogP contribution in [0.3, 0.4) is 0 Å². The molecule has 0 saturated heterocycles. The van der Waals surface area contributed by atoms with Crippen molar-refractivity contribution in [1.29, 1.82) is 0 Å². The lowest BCUT2D eigenvalue weighted by molar-refractivity contribution is -0.125. The van der Waals surface area contributed by atoms with Crippen molar-refractivity contribution in [2.75, 3.05) is 23.1 Å². The van der Waals surface area contributed by atoms with Crippen LogP contribution in [0, 0.1) is 0 Å². The first-order valence-electron chi connectivity index (χ1n) is 5.40.